The van der Waals surface area contributed by atoms with E-state index in [1.165, 1.54) is 76.0 Å². The lowest BCUT2D eigenvalue weighted by molar-refractivity contribution is 0.206. The van der Waals surface area contributed by atoms with E-state index in [1.54, 1.807) is 0 Å². The fourth-order valence-electron chi connectivity index (χ4n) is 4.24. The van der Waals surface area contributed by atoms with Crippen LogP contribution >= 0.6 is 11.8 Å². The van der Waals surface area contributed by atoms with Crippen molar-refractivity contribution < 1.29 is 0 Å². The standard InChI is InChI=1S/C16H30N2S/c1-2-5-16(14(4-1)15-6-3-9-17-15)18-12-13-7-10-19-11-8-13/h13-18H,1-12H2. The van der Waals surface area contributed by atoms with Crippen molar-refractivity contribution in [2.75, 3.05) is 24.6 Å². The molecule has 0 aromatic carbocycles. The highest BCUT2D eigenvalue weighted by Crippen LogP contribution is 2.31. The van der Waals surface area contributed by atoms with Gasteiger partial charge < -0.3 is 10.6 Å². The van der Waals surface area contributed by atoms with Crippen molar-refractivity contribution >= 4 is 11.8 Å². The summed E-state index contributed by atoms with van der Waals surface area (Å²) in [6.45, 7) is 2.54. The van der Waals surface area contributed by atoms with Crippen LogP contribution in [0.1, 0.15) is 51.4 Å². The van der Waals surface area contributed by atoms with Gasteiger partial charge in [0, 0.05) is 12.1 Å². The van der Waals surface area contributed by atoms with Crippen LogP contribution in [0.5, 0.6) is 0 Å². The maximum atomic E-state index is 3.97. The first kappa shape index (κ1) is 14.2. The van der Waals surface area contributed by atoms with Crippen molar-refractivity contribution in [2.45, 2.75) is 63.5 Å². The Morgan fingerprint density at radius 1 is 0.947 bits per heavy atom. The second-order valence-corrected chi connectivity index (χ2v) is 7.95. The summed E-state index contributed by atoms with van der Waals surface area (Å²) in [7, 11) is 0. The summed E-state index contributed by atoms with van der Waals surface area (Å²) in [6, 6.07) is 1.62. The van der Waals surface area contributed by atoms with Gasteiger partial charge in [0.2, 0.25) is 0 Å². The molecular weight excluding hydrogens is 252 g/mol. The number of hydrogen-bond donors (Lipinski definition) is 2. The molecule has 0 amide bonds. The molecule has 2 heterocycles. The summed E-state index contributed by atoms with van der Waals surface area (Å²) in [5, 5.41) is 7.72. The summed E-state index contributed by atoms with van der Waals surface area (Å²) < 4.78 is 0. The van der Waals surface area contributed by atoms with Gasteiger partial charge in [0.05, 0.1) is 0 Å². The number of hydrogen-bond acceptors (Lipinski definition) is 3. The van der Waals surface area contributed by atoms with E-state index in [1.807, 2.05) is 0 Å². The maximum absolute atomic E-state index is 3.97. The van der Waals surface area contributed by atoms with Gasteiger partial charge in [0.15, 0.2) is 0 Å². The summed E-state index contributed by atoms with van der Waals surface area (Å²) in [4.78, 5) is 0. The van der Waals surface area contributed by atoms with Crippen LogP contribution in [0.15, 0.2) is 0 Å². The topological polar surface area (TPSA) is 24.1 Å². The molecule has 0 aromatic heterocycles. The Hall–Kier alpha value is 0.270. The van der Waals surface area contributed by atoms with E-state index in [0.29, 0.717) is 0 Å². The van der Waals surface area contributed by atoms with Crippen LogP contribution in [-0.2, 0) is 0 Å². The maximum Gasteiger partial charge on any atom is 0.0111 e. The quantitative estimate of drug-likeness (QED) is 0.829. The van der Waals surface area contributed by atoms with Crippen molar-refractivity contribution in [1.82, 2.24) is 10.6 Å². The molecule has 2 saturated heterocycles. The van der Waals surface area contributed by atoms with E-state index in [-0.39, 0.29) is 0 Å². The molecule has 2 nitrogen and oxygen atoms in total. The molecule has 2 aliphatic heterocycles. The highest BCUT2D eigenvalue weighted by Gasteiger charge is 2.33. The summed E-state index contributed by atoms with van der Waals surface area (Å²) in [5.41, 5.74) is 0. The third-order valence-electron chi connectivity index (χ3n) is 5.44. The van der Waals surface area contributed by atoms with E-state index >= 15 is 0 Å². The lowest BCUT2D eigenvalue weighted by Crippen LogP contribution is -2.48. The van der Waals surface area contributed by atoms with E-state index in [9.17, 15) is 0 Å². The molecule has 19 heavy (non-hydrogen) atoms. The van der Waals surface area contributed by atoms with Crippen molar-refractivity contribution in [1.29, 1.82) is 0 Å². The van der Waals surface area contributed by atoms with Crippen molar-refractivity contribution in [3.63, 3.8) is 0 Å². The largest absolute Gasteiger partial charge is 0.314 e. The smallest absolute Gasteiger partial charge is 0.0111 e. The van der Waals surface area contributed by atoms with Gasteiger partial charge in [-0.15, -0.1) is 0 Å². The van der Waals surface area contributed by atoms with Gasteiger partial charge in [0.1, 0.15) is 0 Å². The molecule has 0 bridgehead atoms. The molecule has 3 rings (SSSR count). The molecule has 1 saturated carbocycles. The Labute approximate surface area is 122 Å². The van der Waals surface area contributed by atoms with Crippen molar-refractivity contribution in [3.8, 4) is 0 Å². The van der Waals surface area contributed by atoms with Gasteiger partial charge in [-0.05, 0) is 75.0 Å². The fraction of sp³-hybridized carbons (Fsp3) is 1.00. The first-order valence-electron chi connectivity index (χ1n) is 8.48. The summed E-state index contributed by atoms with van der Waals surface area (Å²) >= 11 is 2.14. The SMILES string of the molecule is C1CNC(C2CCCCC2NCC2CCSCC2)C1. The van der Waals surface area contributed by atoms with Crippen LogP contribution in [0.3, 0.4) is 0 Å². The van der Waals surface area contributed by atoms with Gasteiger partial charge in [-0.2, -0.15) is 11.8 Å². The number of rotatable bonds is 4. The predicted molar refractivity (Wildman–Crippen MR) is 84.8 cm³/mol. The molecule has 3 atom stereocenters. The first-order chi connectivity index (χ1) is 9.43. The highest BCUT2D eigenvalue weighted by molar-refractivity contribution is 7.99. The minimum absolute atomic E-state index is 0.805. The van der Waals surface area contributed by atoms with Crippen LogP contribution in [0, 0.1) is 11.8 Å². The second kappa shape index (κ2) is 7.33. The van der Waals surface area contributed by atoms with E-state index in [4.69, 9.17) is 0 Å². The average molecular weight is 282 g/mol. The van der Waals surface area contributed by atoms with E-state index < -0.39 is 0 Å². The lowest BCUT2D eigenvalue weighted by Gasteiger charge is -2.37. The number of thioether (sulfide) groups is 1. The minimum Gasteiger partial charge on any atom is -0.314 e. The van der Waals surface area contributed by atoms with E-state index in [2.05, 4.69) is 22.4 Å². The van der Waals surface area contributed by atoms with Crippen molar-refractivity contribution in [2.24, 2.45) is 11.8 Å². The zero-order valence-corrected chi connectivity index (χ0v) is 13.0. The molecular formula is C16H30N2S. The highest BCUT2D eigenvalue weighted by atomic mass is 32.2. The monoisotopic (exact) mass is 282 g/mol. The zero-order chi connectivity index (χ0) is 12.9. The third-order valence-corrected chi connectivity index (χ3v) is 6.49. The molecule has 3 heteroatoms. The van der Waals surface area contributed by atoms with Gasteiger partial charge >= 0.3 is 0 Å². The fourth-order valence-corrected chi connectivity index (χ4v) is 5.44. The first-order valence-corrected chi connectivity index (χ1v) is 9.63. The van der Waals surface area contributed by atoms with Crippen molar-refractivity contribution in [3.05, 3.63) is 0 Å². The predicted octanol–water partition coefficient (Wildman–Crippen LogP) is 3.03. The Balaban J connectivity index is 1.48. The molecule has 0 radical (unpaired) electrons. The molecule has 3 unspecified atom stereocenters. The molecule has 110 valence electrons. The molecule has 2 N–H and O–H groups in total. The van der Waals surface area contributed by atoms with Crippen LogP contribution in [0.25, 0.3) is 0 Å². The van der Waals surface area contributed by atoms with E-state index in [0.717, 1.165) is 23.9 Å². The lowest BCUT2D eigenvalue weighted by atomic mass is 9.79. The average Bonchev–Trinajstić information content (AvgIpc) is 3.01. The van der Waals surface area contributed by atoms with Crippen LogP contribution < -0.4 is 10.6 Å². The van der Waals surface area contributed by atoms with Crippen LogP contribution in [-0.4, -0.2) is 36.7 Å². The van der Waals surface area contributed by atoms with Gasteiger partial charge in [-0.1, -0.05) is 12.8 Å². The van der Waals surface area contributed by atoms with Gasteiger partial charge in [0.25, 0.3) is 0 Å². The summed E-state index contributed by atoms with van der Waals surface area (Å²) in [6.07, 6.45) is 11.5. The Kier molecular flexibility index (Phi) is 5.48. The minimum atomic E-state index is 0.805. The van der Waals surface area contributed by atoms with Crippen LogP contribution in [0.2, 0.25) is 0 Å². The third kappa shape index (κ3) is 3.89. The second-order valence-electron chi connectivity index (χ2n) is 6.72. The summed E-state index contributed by atoms with van der Waals surface area (Å²) in [5.74, 6) is 4.66. The van der Waals surface area contributed by atoms with Gasteiger partial charge in [-0.25, -0.2) is 0 Å². The molecule has 0 spiro atoms. The zero-order valence-electron chi connectivity index (χ0n) is 12.2. The Morgan fingerprint density at radius 3 is 2.58 bits per heavy atom. The van der Waals surface area contributed by atoms with Crippen LogP contribution in [0.4, 0.5) is 0 Å². The molecule has 1 aliphatic carbocycles. The molecule has 3 fully saturated rings. The Bertz CT molecular complexity index is 259. The Morgan fingerprint density at radius 2 is 1.79 bits per heavy atom. The molecule has 3 aliphatic rings. The van der Waals surface area contributed by atoms with Gasteiger partial charge in [-0.3, -0.25) is 0 Å². The number of nitrogens with one attached hydrogen (secondary N) is 2. The normalized spacial score (nSPS) is 37.6. The molecule has 0 aromatic rings.